The number of nitrogens with one attached hydrogen (secondary N) is 1. The molecule has 0 atom stereocenters. The van der Waals surface area contributed by atoms with E-state index in [0.717, 1.165) is 0 Å². The van der Waals surface area contributed by atoms with Crippen LogP contribution in [0.5, 0.6) is 0 Å². The summed E-state index contributed by atoms with van der Waals surface area (Å²) in [5.41, 5.74) is 3.52. The van der Waals surface area contributed by atoms with Crippen molar-refractivity contribution in [2.45, 2.75) is 20.4 Å². The minimum absolute atomic E-state index is 0.197. The van der Waals surface area contributed by atoms with Crippen LogP contribution in [-0.4, -0.2) is 27.5 Å². The Bertz CT molecular complexity index is 360. The van der Waals surface area contributed by atoms with Crippen molar-refractivity contribution < 1.29 is 14.7 Å². The summed E-state index contributed by atoms with van der Waals surface area (Å²) in [7, 11) is 1.70. The molecule has 0 radical (unpaired) electrons. The molecule has 0 aliphatic carbocycles. The van der Waals surface area contributed by atoms with Gasteiger partial charge in [-0.05, 0) is 5.92 Å². The first-order valence-corrected chi connectivity index (χ1v) is 5.11. The molecule has 0 fully saturated rings. The quantitative estimate of drug-likeness (QED) is 0.555. The van der Waals surface area contributed by atoms with Crippen LogP contribution < -0.4 is 5.48 Å². The Balaban J connectivity index is 2.52. The third-order valence-corrected chi connectivity index (χ3v) is 2.05. The maximum absolute atomic E-state index is 10.9. The third-order valence-electron chi connectivity index (χ3n) is 2.05. The van der Waals surface area contributed by atoms with E-state index in [1.165, 1.54) is 10.9 Å². The average Bonchev–Trinajstić information content (AvgIpc) is 2.54. The number of aromatic nitrogens is 2. The van der Waals surface area contributed by atoms with Crippen molar-refractivity contribution in [1.82, 2.24) is 15.3 Å². The van der Waals surface area contributed by atoms with Crippen LogP contribution in [-0.2, 0) is 18.4 Å². The Morgan fingerprint density at radius 1 is 1.69 bits per heavy atom. The van der Waals surface area contributed by atoms with E-state index >= 15 is 0 Å². The number of aromatic carboxylic acids is 1. The van der Waals surface area contributed by atoms with Crippen LogP contribution in [0.3, 0.4) is 0 Å². The zero-order chi connectivity index (χ0) is 12.1. The van der Waals surface area contributed by atoms with Crippen LogP contribution in [0.15, 0.2) is 6.20 Å². The highest BCUT2D eigenvalue weighted by atomic mass is 16.6. The van der Waals surface area contributed by atoms with E-state index < -0.39 is 5.97 Å². The normalized spacial score (nSPS) is 11.0. The number of nitrogens with zero attached hydrogens (tertiary/aromatic N) is 2. The molecule has 90 valence electrons. The van der Waals surface area contributed by atoms with Gasteiger partial charge in [-0.2, -0.15) is 10.6 Å². The van der Waals surface area contributed by atoms with Crippen molar-refractivity contribution >= 4 is 5.97 Å². The Labute approximate surface area is 94.2 Å². The predicted molar refractivity (Wildman–Crippen MR) is 57.8 cm³/mol. The Hall–Kier alpha value is -1.40. The van der Waals surface area contributed by atoms with E-state index in [-0.39, 0.29) is 5.56 Å². The van der Waals surface area contributed by atoms with Gasteiger partial charge < -0.3 is 9.94 Å². The molecular formula is C10H17N3O3. The lowest BCUT2D eigenvalue weighted by Crippen LogP contribution is -2.20. The first-order valence-electron chi connectivity index (χ1n) is 5.11. The molecular weight excluding hydrogens is 210 g/mol. The Morgan fingerprint density at radius 2 is 2.38 bits per heavy atom. The highest BCUT2D eigenvalue weighted by Gasteiger charge is 2.14. The molecule has 0 aliphatic heterocycles. The van der Waals surface area contributed by atoms with E-state index in [0.29, 0.717) is 24.8 Å². The van der Waals surface area contributed by atoms with Crippen LogP contribution in [0, 0.1) is 5.92 Å². The lowest BCUT2D eigenvalue weighted by Gasteiger charge is -2.08. The number of aryl methyl sites for hydroxylation is 1. The molecule has 2 N–H and O–H groups in total. The molecule has 16 heavy (non-hydrogen) atoms. The molecule has 1 heterocycles. The second-order valence-electron chi connectivity index (χ2n) is 3.96. The van der Waals surface area contributed by atoms with Gasteiger partial charge in [0.05, 0.1) is 25.0 Å². The molecule has 1 aromatic rings. The summed E-state index contributed by atoms with van der Waals surface area (Å²) in [5.74, 6) is -0.549. The summed E-state index contributed by atoms with van der Waals surface area (Å²) in [6, 6.07) is 0. The predicted octanol–water partition coefficient (Wildman–Crippen LogP) is 0.795. The Morgan fingerprint density at radius 3 is 2.94 bits per heavy atom. The molecule has 0 aliphatic rings. The minimum atomic E-state index is -0.978. The van der Waals surface area contributed by atoms with Crippen molar-refractivity contribution in [3.05, 3.63) is 17.5 Å². The van der Waals surface area contributed by atoms with Crippen molar-refractivity contribution in [2.24, 2.45) is 13.0 Å². The number of carboxylic acids is 1. The largest absolute Gasteiger partial charge is 0.478 e. The smallest absolute Gasteiger partial charge is 0.339 e. The van der Waals surface area contributed by atoms with Gasteiger partial charge in [-0.1, -0.05) is 13.8 Å². The van der Waals surface area contributed by atoms with Crippen molar-refractivity contribution in [3.63, 3.8) is 0 Å². The van der Waals surface area contributed by atoms with Gasteiger partial charge in [-0.3, -0.25) is 4.68 Å². The number of carbonyl (C=O) groups is 1. The van der Waals surface area contributed by atoms with Crippen LogP contribution in [0.1, 0.15) is 29.9 Å². The number of rotatable bonds is 6. The monoisotopic (exact) mass is 227 g/mol. The molecule has 6 heteroatoms. The summed E-state index contributed by atoms with van der Waals surface area (Å²) in [6.07, 6.45) is 1.34. The summed E-state index contributed by atoms with van der Waals surface area (Å²) in [4.78, 5) is 16.0. The fourth-order valence-corrected chi connectivity index (χ4v) is 1.20. The maximum atomic E-state index is 10.9. The van der Waals surface area contributed by atoms with Gasteiger partial charge >= 0.3 is 5.97 Å². The van der Waals surface area contributed by atoms with Gasteiger partial charge in [0.15, 0.2) is 0 Å². The van der Waals surface area contributed by atoms with E-state index in [9.17, 15) is 4.79 Å². The number of hydroxylamine groups is 1. The lowest BCUT2D eigenvalue weighted by atomic mass is 10.2. The summed E-state index contributed by atoms with van der Waals surface area (Å²) in [5, 5.41) is 12.8. The molecule has 0 amide bonds. The first-order chi connectivity index (χ1) is 7.52. The lowest BCUT2D eigenvalue weighted by molar-refractivity contribution is 0.0183. The minimum Gasteiger partial charge on any atom is -0.478 e. The SMILES string of the molecule is CC(C)CONCc1c(C(=O)O)cnn1C. The number of hydrogen-bond acceptors (Lipinski definition) is 4. The van der Waals surface area contributed by atoms with Crippen molar-refractivity contribution in [1.29, 1.82) is 0 Å². The van der Waals surface area contributed by atoms with Crippen molar-refractivity contribution in [2.75, 3.05) is 6.61 Å². The zero-order valence-corrected chi connectivity index (χ0v) is 9.73. The van der Waals surface area contributed by atoms with E-state index in [1.54, 1.807) is 7.05 Å². The topological polar surface area (TPSA) is 76.4 Å². The number of carboxylic acid groups (broad SMARTS) is 1. The summed E-state index contributed by atoms with van der Waals surface area (Å²) >= 11 is 0. The molecule has 0 spiro atoms. The van der Waals surface area contributed by atoms with Gasteiger partial charge in [0, 0.05) is 7.05 Å². The molecule has 0 saturated carbocycles. The van der Waals surface area contributed by atoms with E-state index in [4.69, 9.17) is 9.94 Å². The second kappa shape index (κ2) is 5.62. The van der Waals surface area contributed by atoms with Gasteiger partial charge in [-0.15, -0.1) is 0 Å². The summed E-state index contributed by atoms with van der Waals surface area (Å²) < 4.78 is 1.52. The van der Waals surface area contributed by atoms with E-state index in [1.807, 2.05) is 13.8 Å². The molecule has 0 bridgehead atoms. The van der Waals surface area contributed by atoms with Gasteiger partial charge in [0.1, 0.15) is 5.56 Å². The molecule has 0 aromatic carbocycles. The maximum Gasteiger partial charge on any atom is 0.339 e. The third kappa shape index (κ3) is 3.32. The van der Waals surface area contributed by atoms with Gasteiger partial charge in [0.2, 0.25) is 0 Å². The fraction of sp³-hybridized carbons (Fsp3) is 0.600. The van der Waals surface area contributed by atoms with E-state index in [2.05, 4.69) is 10.6 Å². The fourth-order valence-electron chi connectivity index (χ4n) is 1.20. The van der Waals surface area contributed by atoms with Crippen LogP contribution in [0.25, 0.3) is 0 Å². The van der Waals surface area contributed by atoms with Crippen LogP contribution in [0.2, 0.25) is 0 Å². The highest BCUT2D eigenvalue weighted by Crippen LogP contribution is 2.07. The standard InChI is InChI=1S/C10H17N3O3/c1-7(2)6-16-12-5-9-8(10(14)15)4-11-13(9)3/h4,7,12H,5-6H2,1-3H3,(H,14,15). The van der Waals surface area contributed by atoms with Gasteiger partial charge in [-0.25, -0.2) is 4.79 Å². The highest BCUT2D eigenvalue weighted by molar-refractivity contribution is 5.88. The Kier molecular flexibility index (Phi) is 4.45. The molecule has 0 unspecified atom stereocenters. The zero-order valence-electron chi connectivity index (χ0n) is 9.73. The molecule has 6 nitrogen and oxygen atoms in total. The average molecular weight is 227 g/mol. The molecule has 1 rings (SSSR count). The first kappa shape index (κ1) is 12.7. The van der Waals surface area contributed by atoms with Crippen LogP contribution >= 0.6 is 0 Å². The second-order valence-corrected chi connectivity index (χ2v) is 3.96. The van der Waals surface area contributed by atoms with Crippen LogP contribution in [0.4, 0.5) is 0 Å². The number of hydrogen-bond donors (Lipinski definition) is 2. The molecule has 0 saturated heterocycles. The van der Waals surface area contributed by atoms with Crippen molar-refractivity contribution in [3.8, 4) is 0 Å². The van der Waals surface area contributed by atoms with Gasteiger partial charge in [0.25, 0.3) is 0 Å². The summed E-state index contributed by atoms with van der Waals surface area (Å²) in [6.45, 7) is 4.98. The molecule has 1 aromatic heterocycles.